The van der Waals surface area contributed by atoms with E-state index in [2.05, 4.69) is 11.8 Å². The first-order valence-electron chi connectivity index (χ1n) is 6.22. The fourth-order valence-electron chi connectivity index (χ4n) is 2.19. The highest BCUT2D eigenvalue weighted by Gasteiger charge is 2.35. The van der Waals surface area contributed by atoms with Crippen LogP contribution in [0.1, 0.15) is 15.2 Å². The van der Waals surface area contributed by atoms with Gasteiger partial charge >= 0.3 is 0 Å². The molecule has 2 unspecified atom stereocenters. The molecule has 0 saturated carbocycles. The predicted molar refractivity (Wildman–Crippen MR) is 75.8 cm³/mol. The van der Waals surface area contributed by atoms with Crippen molar-refractivity contribution in [3.05, 3.63) is 21.9 Å². The van der Waals surface area contributed by atoms with Crippen molar-refractivity contribution in [3.8, 4) is 11.8 Å². The fraction of sp³-hybridized carbons (Fsp3) is 0.500. The molecule has 1 aliphatic rings. The highest BCUT2D eigenvalue weighted by atomic mass is 32.1. The summed E-state index contributed by atoms with van der Waals surface area (Å²) in [6, 6.07) is 1.75. The molecule has 20 heavy (non-hydrogen) atoms. The maximum atomic E-state index is 12.4. The number of likely N-dealkylation sites (tertiary alicyclic amines) is 1. The summed E-state index contributed by atoms with van der Waals surface area (Å²) in [6.45, 7) is 0.876. The topological polar surface area (TPSA) is 59.0 Å². The molecule has 1 aromatic rings. The Kier molecular flexibility index (Phi) is 5.15. The standard InChI is InChI=1S/C14H17NO4S/c1-18-12-7-15(8-13(12)19-2)14(17)10-6-11(20-9-10)4-3-5-16/h6,9,12-13,16H,5,7-8H2,1-2H3. The van der Waals surface area contributed by atoms with Crippen molar-refractivity contribution in [2.45, 2.75) is 12.2 Å². The van der Waals surface area contributed by atoms with Gasteiger partial charge in [0.25, 0.3) is 5.91 Å². The van der Waals surface area contributed by atoms with Gasteiger partial charge in [0.2, 0.25) is 0 Å². The van der Waals surface area contributed by atoms with E-state index in [9.17, 15) is 4.79 Å². The van der Waals surface area contributed by atoms with Crippen LogP contribution in [-0.4, -0.2) is 62.0 Å². The van der Waals surface area contributed by atoms with Crippen molar-refractivity contribution in [2.75, 3.05) is 33.9 Å². The molecule has 1 amide bonds. The zero-order valence-electron chi connectivity index (χ0n) is 11.5. The molecular formula is C14H17NO4S. The second-order valence-corrected chi connectivity index (χ2v) is 5.33. The van der Waals surface area contributed by atoms with Gasteiger partial charge in [-0.3, -0.25) is 4.79 Å². The molecule has 0 spiro atoms. The molecular weight excluding hydrogens is 278 g/mol. The van der Waals surface area contributed by atoms with E-state index >= 15 is 0 Å². The van der Waals surface area contributed by atoms with Crippen LogP contribution in [0, 0.1) is 11.8 Å². The van der Waals surface area contributed by atoms with E-state index in [1.54, 1.807) is 30.6 Å². The third kappa shape index (κ3) is 3.19. The lowest BCUT2D eigenvalue weighted by Crippen LogP contribution is -2.29. The van der Waals surface area contributed by atoms with Crippen molar-refractivity contribution in [3.63, 3.8) is 0 Å². The van der Waals surface area contributed by atoms with Crippen molar-refractivity contribution in [1.29, 1.82) is 0 Å². The van der Waals surface area contributed by atoms with E-state index in [0.29, 0.717) is 18.7 Å². The number of methoxy groups -OCH3 is 2. The molecule has 5 nitrogen and oxygen atoms in total. The second kappa shape index (κ2) is 6.86. The molecule has 1 N–H and O–H groups in total. The van der Waals surface area contributed by atoms with Crippen LogP contribution < -0.4 is 0 Å². The summed E-state index contributed by atoms with van der Waals surface area (Å²) in [5.74, 6) is 5.33. The zero-order valence-corrected chi connectivity index (χ0v) is 12.3. The lowest BCUT2D eigenvalue weighted by molar-refractivity contribution is -0.00461. The summed E-state index contributed by atoms with van der Waals surface area (Å²) in [7, 11) is 3.25. The number of hydrogen-bond acceptors (Lipinski definition) is 5. The Bertz CT molecular complexity index is 519. The van der Waals surface area contributed by atoms with Crippen LogP contribution >= 0.6 is 11.3 Å². The molecule has 1 aliphatic heterocycles. The number of aliphatic hydroxyl groups is 1. The number of hydrogen-bond donors (Lipinski definition) is 1. The molecule has 1 saturated heterocycles. The van der Waals surface area contributed by atoms with E-state index in [4.69, 9.17) is 14.6 Å². The minimum Gasteiger partial charge on any atom is -0.384 e. The number of carbonyl (C=O) groups excluding carboxylic acids is 1. The first-order valence-corrected chi connectivity index (χ1v) is 7.10. The molecule has 2 rings (SSSR count). The average Bonchev–Trinajstić information content (AvgIpc) is 3.10. The van der Waals surface area contributed by atoms with Crippen molar-refractivity contribution >= 4 is 17.2 Å². The average molecular weight is 295 g/mol. The van der Waals surface area contributed by atoms with E-state index in [0.717, 1.165) is 4.88 Å². The number of aliphatic hydroxyl groups excluding tert-OH is 1. The number of ether oxygens (including phenoxy) is 2. The predicted octanol–water partition coefficient (Wildman–Crippen LogP) is 0.578. The normalized spacial score (nSPS) is 21.6. The molecule has 2 atom stereocenters. The Morgan fingerprint density at radius 2 is 2.10 bits per heavy atom. The molecule has 0 aromatic carbocycles. The van der Waals surface area contributed by atoms with Gasteiger partial charge in [0.15, 0.2) is 0 Å². The Hall–Kier alpha value is -1.39. The minimum atomic E-state index is -0.182. The highest BCUT2D eigenvalue weighted by Crippen LogP contribution is 2.21. The number of amides is 1. The van der Waals surface area contributed by atoms with Crippen molar-refractivity contribution in [2.24, 2.45) is 0 Å². The molecule has 6 heteroatoms. The lowest BCUT2D eigenvalue weighted by atomic mass is 10.2. The summed E-state index contributed by atoms with van der Waals surface area (Å²) >= 11 is 1.39. The third-order valence-electron chi connectivity index (χ3n) is 3.25. The monoisotopic (exact) mass is 295 g/mol. The van der Waals surface area contributed by atoms with Gasteiger partial charge < -0.3 is 19.5 Å². The van der Waals surface area contributed by atoms with Gasteiger partial charge in [0, 0.05) is 32.7 Å². The smallest absolute Gasteiger partial charge is 0.254 e. The third-order valence-corrected chi connectivity index (χ3v) is 4.09. The van der Waals surface area contributed by atoms with Crippen LogP contribution in [0.4, 0.5) is 0 Å². The van der Waals surface area contributed by atoms with Gasteiger partial charge in [-0.15, -0.1) is 11.3 Å². The van der Waals surface area contributed by atoms with Crippen LogP contribution in [-0.2, 0) is 9.47 Å². The molecule has 108 valence electrons. The van der Waals surface area contributed by atoms with Crippen LogP contribution in [0.3, 0.4) is 0 Å². The summed E-state index contributed by atoms with van der Waals surface area (Å²) < 4.78 is 10.6. The van der Waals surface area contributed by atoms with E-state index in [1.807, 2.05) is 0 Å². The van der Waals surface area contributed by atoms with E-state index in [1.165, 1.54) is 11.3 Å². The number of carbonyl (C=O) groups is 1. The number of thiophene rings is 1. The highest BCUT2D eigenvalue weighted by molar-refractivity contribution is 7.10. The Morgan fingerprint density at radius 1 is 1.45 bits per heavy atom. The molecule has 1 aromatic heterocycles. The van der Waals surface area contributed by atoms with Crippen LogP contribution in [0.25, 0.3) is 0 Å². The second-order valence-electron chi connectivity index (χ2n) is 4.42. The lowest BCUT2D eigenvalue weighted by Gasteiger charge is -2.14. The van der Waals surface area contributed by atoms with Gasteiger partial charge in [0.1, 0.15) is 18.8 Å². The van der Waals surface area contributed by atoms with E-state index < -0.39 is 0 Å². The molecule has 0 radical (unpaired) electrons. The van der Waals surface area contributed by atoms with Crippen LogP contribution in [0.5, 0.6) is 0 Å². The zero-order chi connectivity index (χ0) is 14.5. The van der Waals surface area contributed by atoms with Gasteiger partial charge in [-0.25, -0.2) is 0 Å². The Balaban J connectivity index is 2.06. The molecule has 0 aliphatic carbocycles. The van der Waals surface area contributed by atoms with Gasteiger partial charge in [0.05, 0.1) is 10.4 Å². The van der Waals surface area contributed by atoms with E-state index in [-0.39, 0.29) is 24.7 Å². The van der Waals surface area contributed by atoms with Crippen LogP contribution in [0.2, 0.25) is 0 Å². The largest absolute Gasteiger partial charge is 0.384 e. The first-order chi connectivity index (χ1) is 9.69. The first kappa shape index (κ1) is 15.0. The molecule has 0 bridgehead atoms. The van der Waals surface area contributed by atoms with Crippen molar-refractivity contribution in [1.82, 2.24) is 4.90 Å². The Labute approximate surface area is 122 Å². The summed E-state index contributed by atoms with van der Waals surface area (Å²) in [4.78, 5) is 14.9. The number of rotatable bonds is 3. The SMILES string of the molecule is COC1CN(C(=O)c2csc(C#CCO)c2)CC1OC. The number of nitrogens with zero attached hydrogens (tertiary/aromatic N) is 1. The minimum absolute atomic E-state index is 0.0418. The van der Waals surface area contributed by atoms with Gasteiger partial charge in [-0.2, -0.15) is 0 Å². The fourth-order valence-corrected chi connectivity index (χ4v) is 2.93. The summed E-state index contributed by atoms with van der Waals surface area (Å²) in [5.41, 5.74) is 0.615. The maximum absolute atomic E-state index is 12.4. The quantitative estimate of drug-likeness (QED) is 0.829. The van der Waals surface area contributed by atoms with Crippen molar-refractivity contribution < 1.29 is 19.4 Å². The summed E-state index contributed by atoms with van der Waals surface area (Å²) in [5, 5.41) is 10.4. The van der Waals surface area contributed by atoms with Gasteiger partial charge in [-0.1, -0.05) is 11.8 Å². The summed E-state index contributed by atoms with van der Waals surface area (Å²) in [6.07, 6.45) is -0.174. The molecule has 2 heterocycles. The Morgan fingerprint density at radius 3 is 2.65 bits per heavy atom. The maximum Gasteiger partial charge on any atom is 0.254 e. The molecule has 1 fully saturated rings. The van der Waals surface area contributed by atoms with Gasteiger partial charge in [-0.05, 0) is 6.07 Å². The van der Waals surface area contributed by atoms with Crippen LogP contribution in [0.15, 0.2) is 11.4 Å².